The zero-order chi connectivity index (χ0) is 18.1. The van der Waals surface area contributed by atoms with Crippen LogP contribution in [0.1, 0.15) is 28.4 Å². The van der Waals surface area contributed by atoms with E-state index in [9.17, 15) is 9.18 Å². The van der Waals surface area contributed by atoms with Crippen molar-refractivity contribution in [2.24, 2.45) is 4.99 Å². The average molecular weight is 471 g/mol. The van der Waals surface area contributed by atoms with E-state index in [-0.39, 0.29) is 35.8 Å². The first-order valence-electron chi connectivity index (χ1n) is 8.07. The Balaban J connectivity index is 0.00000338. The van der Waals surface area contributed by atoms with E-state index in [0.717, 1.165) is 5.56 Å². The second kappa shape index (κ2) is 11.5. The molecule has 0 radical (unpaired) electrons. The molecule has 26 heavy (non-hydrogen) atoms. The van der Waals surface area contributed by atoms with E-state index in [2.05, 4.69) is 20.4 Å². The van der Waals surface area contributed by atoms with Crippen molar-refractivity contribution in [1.29, 1.82) is 0 Å². The molecule has 2 rings (SSSR count). The summed E-state index contributed by atoms with van der Waals surface area (Å²) < 4.78 is 18.3. The molecule has 0 unspecified atom stereocenters. The van der Waals surface area contributed by atoms with Crippen molar-refractivity contribution in [2.75, 3.05) is 13.7 Å². The fourth-order valence-corrected chi connectivity index (χ4v) is 2.20. The number of aliphatic imine (C=N–C) groups is 1. The van der Waals surface area contributed by atoms with E-state index in [1.807, 2.05) is 19.1 Å². The molecule has 2 aromatic carbocycles. The van der Waals surface area contributed by atoms with E-state index in [4.69, 9.17) is 0 Å². The fraction of sp³-hybridized carbons (Fsp3) is 0.263. The Morgan fingerprint density at radius 2 is 1.81 bits per heavy atom. The van der Waals surface area contributed by atoms with Crippen LogP contribution in [0.4, 0.5) is 4.39 Å². The van der Waals surface area contributed by atoms with Crippen molar-refractivity contribution in [3.8, 4) is 0 Å². The quantitative estimate of drug-likeness (QED) is 0.293. The summed E-state index contributed by atoms with van der Waals surface area (Å²) in [4.78, 5) is 15.9. The van der Waals surface area contributed by atoms with Gasteiger partial charge in [0.05, 0.1) is 19.2 Å². The second-order valence-electron chi connectivity index (χ2n) is 5.33. The predicted molar refractivity (Wildman–Crippen MR) is 111 cm³/mol. The van der Waals surface area contributed by atoms with Gasteiger partial charge in [-0.05, 0) is 30.7 Å². The summed E-state index contributed by atoms with van der Waals surface area (Å²) in [6.45, 7) is 3.45. The molecule has 7 heteroatoms. The molecule has 0 amide bonds. The molecule has 0 aliphatic heterocycles. The standard InChI is InChI=1S/C19H22FN3O2.HI/c1-3-21-19(23-13-16-6-4-5-7-17(16)20)22-12-14-8-10-15(11-9-14)18(24)25-2;/h4-11H,3,12-13H2,1-2H3,(H2,21,22,23);1H. The Bertz CT molecular complexity index is 736. The van der Waals surface area contributed by atoms with Crippen LogP contribution in [0.3, 0.4) is 0 Å². The number of hydrogen-bond donors (Lipinski definition) is 2. The van der Waals surface area contributed by atoms with Crippen LogP contribution in [-0.2, 0) is 17.8 Å². The van der Waals surface area contributed by atoms with Gasteiger partial charge in [0.25, 0.3) is 0 Å². The van der Waals surface area contributed by atoms with Crippen LogP contribution < -0.4 is 10.6 Å². The maximum Gasteiger partial charge on any atom is 0.337 e. The highest BCUT2D eigenvalue weighted by Gasteiger charge is 2.05. The van der Waals surface area contributed by atoms with Crippen molar-refractivity contribution in [2.45, 2.75) is 20.0 Å². The summed E-state index contributed by atoms with van der Waals surface area (Å²) in [6.07, 6.45) is 0. The summed E-state index contributed by atoms with van der Waals surface area (Å²) in [6, 6.07) is 13.7. The molecule has 0 heterocycles. The molecular weight excluding hydrogens is 448 g/mol. The number of methoxy groups -OCH3 is 1. The number of benzene rings is 2. The molecule has 2 N–H and O–H groups in total. The minimum absolute atomic E-state index is 0. The SMILES string of the molecule is CCNC(=NCc1ccc(C(=O)OC)cc1)NCc1ccccc1F.I. The number of halogens is 2. The van der Waals surface area contributed by atoms with Gasteiger partial charge in [0.1, 0.15) is 5.82 Å². The maximum atomic E-state index is 13.7. The Morgan fingerprint density at radius 1 is 1.12 bits per heavy atom. The molecule has 0 atom stereocenters. The number of ether oxygens (including phenoxy) is 1. The molecule has 0 bridgehead atoms. The lowest BCUT2D eigenvalue weighted by Gasteiger charge is -2.12. The van der Waals surface area contributed by atoms with Gasteiger partial charge in [-0.1, -0.05) is 30.3 Å². The largest absolute Gasteiger partial charge is 0.465 e. The first-order chi connectivity index (χ1) is 12.1. The number of carbonyl (C=O) groups excluding carboxylic acids is 1. The topological polar surface area (TPSA) is 62.7 Å². The fourth-order valence-electron chi connectivity index (χ4n) is 2.20. The monoisotopic (exact) mass is 471 g/mol. The average Bonchev–Trinajstić information content (AvgIpc) is 2.65. The second-order valence-corrected chi connectivity index (χ2v) is 5.33. The Hall–Kier alpha value is -2.16. The summed E-state index contributed by atoms with van der Waals surface area (Å²) in [5.41, 5.74) is 2.03. The van der Waals surface area contributed by atoms with Crippen molar-refractivity contribution in [1.82, 2.24) is 10.6 Å². The van der Waals surface area contributed by atoms with Gasteiger partial charge in [0.15, 0.2) is 5.96 Å². The van der Waals surface area contributed by atoms with Crippen LogP contribution in [0.15, 0.2) is 53.5 Å². The molecule has 5 nitrogen and oxygen atoms in total. The number of carbonyl (C=O) groups is 1. The number of guanidine groups is 1. The molecule has 0 saturated carbocycles. The molecule has 0 aliphatic carbocycles. The number of esters is 1. The molecular formula is C19H23FIN3O2. The van der Waals surface area contributed by atoms with Gasteiger partial charge < -0.3 is 15.4 Å². The molecule has 0 aromatic heterocycles. The molecule has 140 valence electrons. The Kier molecular flexibility index (Phi) is 9.64. The van der Waals surface area contributed by atoms with Gasteiger partial charge in [-0.25, -0.2) is 14.2 Å². The lowest BCUT2D eigenvalue weighted by Crippen LogP contribution is -2.37. The van der Waals surface area contributed by atoms with Gasteiger partial charge in [-0.3, -0.25) is 0 Å². The highest BCUT2D eigenvalue weighted by Crippen LogP contribution is 2.08. The van der Waals surface area contributed by atoms with Crippen LogP contribution >= 0.6 is 24.0 Å². The molecule has 0 aliphatic rings. The van der Waals surface area contributed by atoms with Gasteiger partial charge in [-0.2, -0.15) is 0 Å². The first-order valence-corrected chi connectivity index (χ1v) is 8.07. The van der Waals surface area contributed by atoms with Crippen LogP contribution in [0.5, 0.6) is 0 Å². The molecule has 0 spiro atoms. The van der Waals surface area contributed by atoms with E-state index < -0.39 is 0 Å². The molecule has 0 fully saturated rings. The minimum atomic E-state index is -0.366. The van der Waals surface area contributed by atoms with Gasteiger partial charge in [0.2, 0.25) is 0 Å². The van der Waals surface area contributed by atoms with Gasteiger partial charge in [0, 0.05) is 18.7 Å². The zero-order valence-corrected chi connectivity index (χ0v) is 17.1. The van der Waals surface area contributed by atoms with Crippen molar-refractivity contribution in [3.63, 3.8) is 0 Å². The zero-order valence-electron chi connectivity index (χ0n) is 14.8. The van der Waals surface area contributed by atoms with Crippen LogP contribution in [-0.4, -0.2) is 25.6 Å². The van der Waals surface area contributed by atoms with Gasteiger partial charge >= 0.3 is 5.97 Å². The minimum Gasteiger partial charge on any atom is -0.465 e. The molecule has 2 aromatic rings. The van der Waals surface area contributed by atoms with E-state index in [1.54, 1.807) is 30.3 Å². The highest BCUT2D eigenvalue weighted by atomic mass is 127. The summed E-state index contributed by atoms with van der Waals surface area (Å²) in [5.74, 6) is -0.0120. The van der Waals surface area contributed by atoms with E-state index >= 15 is 0 Å². The van der Waals surface area contributed by atoms with E-state index in [1.165, 1.54) is 13.2 Å². The summed E-state index contributed by atoms with van der Waals surface area (Å²) >= 11 is 0. The van der Waals surface area contributed by atoms with Crippen LogP contribution in [0, 0.1) is 5.82 Å². The Morgan fingerprint density at radius 3 is 2.42 bits per heavy atom. The third-order valence-electron chi connectivity index (χ3n) is 3.54. The smallest absolute Gasteiger partial charge is 0.337 e. The Labute approximate surface area is 170 Å². The lowest BCUT2D eigenvalue weighted by atomic mass is 10.1. The van der Waals surface area contributed by atoms with Crippen LogP contribution in [0.25, 0.3) is 0 Å². The van der Waals surface area contributed by atoms with E-state index in [0.29, 0.717) is 36.7 Å². The van der Waals surface area contributed by atoms with Crippen molar-refractivity contribution >= 4 is 35.9 Å². The number of nitrogens with zero attached hydrogens (tertiary/aromatic N) is 1. The number of nitrogens with one attached hydrogen (secondary N) is 2. The number of rotatable bonds is 6. The normalized spacial score (nSPS) is 10.7. The third kappa shape index (κ3) is 6.62. The highest BCUT2D eigenvalue weighted by molar-refractivity contribution is 14.0. The van der Waals surface area contributed by atoms with Gasteiger partial charge in [-0.15, -0.1) is 24.0 Å². The lowest BCUT2D eigenvalue weighted by molar-refractivity contribution is 0.0600. The predicted octanol–water partition coefficient (Wildman–Crippen LogP) is 3.49. The summed E-state index contributed by atoms with van der Waals surface area (Å²) in [7, 11) is 1.35. The third-order valence-corrected chi connectivity index (χ3v) is 3.54. The van der Waals surface area contributed by atoms with Crippen molar-refractivity contribution in [3.05, 3.63) is 71.0 Å². The summed E-state index contributed by atoms with van der Waals surface area (Å²) in [5, 5.41) is 6.24. The first kappa shape index (κ1) is 21.9. The van der Waals surface area contributed by atoms with Crippen LogP contribution in [0.2, 0.25) is 0 Å². The molecule has 0 saturated heterocycles. The maximum absolute atomic E-state index is 13.7. The van der Waals surface area contributed by atoms with Crippen molar-refractivity contribution < 1.29 is 13.9 Å². The number of hydrogen-bond acceptors (Lipinski definition) is 3.